The van der Waals surface area contributed by atoms with Crippen molar-refractivity contribution in [3.05, 3.63) is 0 Å². The summed E-state index contributed by atoms with van der Waals surface area (Å²) in [5.74, 6) is 1.07. The van der Waals surface area contributed by atoms with E-state index in [-0.39, 0.29) is 29.6 Å². The third-order valence-corrected chi connectivity index (χ3v) is 8.55. The van der Waals surface area contributed by atoms with E-state index in [2.05, 4.69) is 25.7 Å². The van der Waals surface area contributed by atoms with Crippen LogP contribution in [-0.4, -0.2) is 80.6 Å². The van der Waals surface area contributed by atoms with Gasteiger partial charge in [0.2, 0.25) is 5.91 Å². The van der Waals surface area contributed by atoms with E-state index in [1.54, 1.807) is 0 Å². The van der Waals surface area contributed by atoms with Crippen LogP contribution in [-0.2, 0) is 19.4 Å². The molecule has 3 heterocycles. The van der Waals surface area contributed by atoms with Crippen molar-refractivity contribution in [1.82, 2.24) is 9.80 Å². The SMILES string of the molecule is CC(C)(C)C1CCCN(CC(=O)N(CC2CCCO2)C2CCS(=O)(=O)C2)CC1. The van der Waals surface area contributed by atoms with Gasteiger partial charge < -0.3 is 9.64 Å². The van der Waals surface area contributed by atoms with Crippen LogP contribution in [0.2, 0.25) is 0 Å². The Morgan fingerprint density at radius 1 is 1.11 bits per heavy atom. The standard InChI is InChI=1S/C21H38N2O4S/c1-21(2,3)17-6-4-10-22(11-8-17)15-20(24)23(14-19-7-5-12-27-19)18-9-13-28(25,26)16-18/h17-19H,4-16H2,1-3H3. The Morgan fingerprint density at radius 3 is 2.50 bits per heavy atom. The lowest BCUT2D eigenvalue weighted by Crippen LogP contribution is -2.49. The van der Waals surface area contributed by atoms with Gasteiger partial charge in [0.25, 0.3) is 0 Å². The van der Waals surface area contributed by atoms with Crippen LogP contribution >= 0.6 is 0 Å². The molecule has 3 unspecified atom stereocenters. The normalized spacial score (nSPS) is 31.6. The molecule has 7 heteroatoms. The summed E-state index contributed by atoms with van der Waals surface area (Å²) in [5, 5.41) is 0. The molecule has 3 aliphatic heterocycles. The van der Waals surface area contributed by atoms with Crippen molar-refractivity contribution in [3.8, 4) is 0 Å². The summed E-state index contributed by atoms with van der Waals surface area (Å²) >= 11 is 0. The quantitative estimate of drug-likeness (QED) is 0.691. The highest BCUT2D eigenvalue weighted by Gasteiger charge is 2.37. The van der Waals surface area contributed by atoms with Gasteiger partial charge in [-0.1, -0.05) is 20.8 Å². The molecule has 0 aromatic carbocycles. The molecule has 0 aromatic heterocycles. The number of hydrogen-bond donors (Lipinski definition) is 0. The van der Waals surface area contributed by atoms with Gasteiger partial charge in [-0.05, 0) is 62.9 Å². The van der Waals surface area contributed by atoms with E-state index in [0.717, 1.165) is 45.4 Å². The van der Waals surface area contributed by atoms with Gasteiger partial charge in [-0.2, -0.15) is 0 Å². The first kappa shape index (κ1) is 22.0. The zero-order chi connectivity index (χ0) is 20.4. The summed E-state index contributed by atoms with van der Waals surface area (Å²) in [6, 6.07) is -0.184. The summed E-state index contributed by atoms with van der Waals surface area (Å²) in [7, 11) is -3.02. The lowest BCUT2D eigenvalue weighted by Gasteiger charge is -2.33. The highest BCUT2D eigenvalue weighted by molar-refractivity contribution is 7.91. The van der Waals surface area contributed by atoms with Gasteiger partial charge in [-0.25, -0.2) is 8.42 Å². The maximum absolute atomic E-state index is 13.2. The van der Waals surface area contributed by atoms with Gasteiger partial charge in [0.05, 0.1) is 24.2 Å². The zero-order valence-corrected chi connectivity index (χ0v) is 18.7. The molecule has 0 aromatic rings. The number of carbonyl (C=O) groups excluding carboxylic acids is 1. The second kappa shape index (κ2) is 9.00. The molecule has 3 fully saturated rings. The van der Waals surface area contributed by atoms with Crippen molar-refractivity contribution in [2.24, 2.45) is 11.3 Å². The summed E-state index contributed by atoms with van der Waals surface area (Å²) in [4.78, 5) is 17.3. The van der Waals surface area contributed by atoms with Crippen LogP contribution in [0.1, 0.15) is 59.3 Å². The summed E-state index contributed by atoms with van der Waals surface area (Å²) in [6.07, 6.45) is 6.07. The Morgan fingerprint density at radius 2 is 1.89 bits per heavy atom. The Kier molecular flexibility index (Phi) is 7.09. The lowest BCUT2D eigenvalue weighted by molar-refractivity contribution is -0.136. The maximum atomic E-state index is 13.2. The molecule has 3 saturated heterocycles. The second-order valence-electron chi connectivity index (χ2n) is 10.0. The van der Waals surface area contributed by atoms with Gasteiger partial charge in [0.15, 0.2) is 9.84 Å². The van der Waals surface area contributed by atoms with Crippen molar-refractivity contribution in [3.63, 3.8) is 0 Å². The zero-order valence-electron chi connectivity index (χ0n) is 17.9. The van der Waals surface area contributed by atoms with Gasteiger partial charge in [-0.15, -0.1) is 0 Å². The smallest absolute Gasteiger partial charge is 0.237 e. The first-order valence-electron chi connectivity index (χ1n) is 11.0. The molecule has 3 atom stereocenters. The molecule has 1 amide bonds. The third kappa shape index (κ3) is 5.92. The summed E-state index contributed by atoms with van der Waals surface area (Å²) < 4.78 is 29.7. The average Bonchev–Trinajstić information content (AvgIpc) is 3.16. The molecule has 28 heavy (non-hydrogen) atoms. The summed E-state index contributed by atoms with van der Waals surface area (Å²) in [5.41, 5.74) is 0.310. The fraction of sp³-hybridized carbons (Fsp3) is 0.952. The van der Waals surface area contributed by atoms with Crippen molar-refractivity contribution in [1.29, 1.82) is 0 Å². The van der Waals surface area contributed by atoms with Crippen molar-refractivity contribution < 1.29 is 17.9 Å². The fourth-order valence-electron chi connectivity index (χ4n) is 4.95. The maximum Gasteiger partial charge on any atom is 0.237 e. The van der Waals surface area contributed by atoms with E-state index in [1.807, 2.05) is 4.90 Å². The van der Waals surface area contributed by atoms with Gasteiger partial charge in [-0.3, -0.25) is 9.69 Å². The summed E-state index contributed by atoms with van der Waals surface area (Å²) in [6.45, 7) is 10.5. The van der Waals surface area contributed by atoms with E-state index in [1.165, 1.54) is 6.42 Å². The number of rotatable bonds is 5. The van der Waals surface area contributed by atoms with Crippen molar-refractivity contribution in [2.45, 2.75) is 71.4 Å². The molecule has 0 radical (unpaired) electrons. The Labute approximate surface area is 170 Å². The van der Waals surface area contributed by atoms with Gasteiger partial charge >= 0.3 is 0 Å². The largest absolute Gasteiger partial charge is 0.376 e. The number of carbonyl (C=O) groups is 1. The van der Waals surface area contributed by atoms with Crippen LogP contribution in [0.25, 0.3) is 0 Å². The minimum absolute atomic E-state index is 0.0571. The van der Waals surface area contributed by atoms with Crippen LogP contribution in [0.4, 0.5) is 0 Å². The third-order valence-electron chi connectivity index (χ3n) is 6.80. The lowest BCUT2D eigenvalue weighted by atomic mass is 9.77. The predicted octanol–water partition coefficient (Wildman–Crippen LogP) is 2.33. The topological polar surface area (TPSA) is 66.9 Å². The molecule has 162 valence electrons. The highest BCUT2D eigenvalue weighted by atomic mass is 32.2. The highest BCUT2D eigenvalue weighted by Crippen LogP contribution is 2.34. The molecule has 0 spiro atoms. The Balaban J connectivity index is 1.62. The average molecular weight is 415 g/mol. The predicted molar refractivity (Wildman–Crippen MR) is 111 cm³/mol. The van der Waals surface area contributed by atoms with E-state index < -0.39 is 9.84 Å². The molecule has 0 N–H and O–H groups in total. The molecule has 0 saturated carbocycles. The molecular formula is C21H38N2O4S. The molecular weight excluding hydrogens is 376 g/mol. The number of hydrogen-bond acceptors (Lipinski definition) is 5. The van der Waals surface area contributed by atoms with E-state index >= 15 is 0 Å². The number of nitrogens with zero attached hydrogens (tertiary/aromatic N) is 2. The van der Waals surface area contributed by atoms with Crippen LogP contribution in [0.15, 0.2) is 0 Å². The fourth-order valence-corrected chi connectivity index (χ4v) is 6.68. The molecule has 3 rings (SSSR count). The minimum Gasteiger partial charge on any atom is -0.376 e. The minimum atomic E-state index is -3.02. The monoisotopic (exact) mass is 414 g/mol. The molecule has 0 bridgehead atoms. The van der Waals surface area contributed by atoms with Crippen LogP contribution in [0.5, 0.6) is 0 Å². The number of ether oxygens (including phenoxy) is 1. The van der Waals surface area contributed by atoms with E-state index in [9.17, 15) is 13.2 Å². The van der Waals surface area contributed by atoms with Crippen molar-refractivity contribution >= 4 is 15.7 Å². The van der Waals surface area contributed by atoms with Crippen LogP contribution in [0.3, 0.4) is 0 Å². The van der Waals surface area contributed by atoms with E-state index in [4.69, 9.17) is 4.74 Å². The van der Waals surface area contributed by atoms with Crippen LogP contribution in [0, 0.1) is 11.3 Å². The van der Waals surface area contributed by atoms with Crippen molar-refractivity contribution in [2.75, 3.05) is 44.3 Å². The Hall–Kier alpha value is -0.660. The number of amides is 1. The first-order valence-corrected chi connectivity index (χ1v) is 12.8. The first-order chi connectivity index (χ1) is 13.1. The Bertz CT molecular complexity index is 637. The number of likely N-dealkylation sites (tertiary alicyclic amines) is 1. The number of sulfone groups is 1. The van der Waals surface area contributed by atoms with Gasteiger partial charge in [0, 0.05) is 19.2 Å². The molecule has 3 aliphatic rings. The van der Waals surface area contributed by atoms with E-state index in [0.29, 0.717) is 30.8 Å². The molecule has 6 nitrogen and oxygen atoms in total. The second-order valence-corrected chi connectivity index (χ2v) is 12.2. The molecule has 0 aliphatic carbocycles. The van der Waals surface area contributed by atoms with Gasteiger partial charge in [0.1, 0.15) is 0 Å². The van der Waals surface area contributed by atoms with Crippen LogP contribution < -0.4 is 0 Å².